The van der Waals surface area contributed by atoms with Gasteiger partial charge in [-0.25, -0.2) is 0 Å². The second-order valence-electron chi connectivity index (χ2n) is 11.8. The van der Waals surface area contributed by atoms with Crippen molar-refractivity contribution in [2.45, 2.75) is 6.92 Å². The van der Waals surface area contributed by atoms with Gasteiger partial charge in [-0.3, -0.25) is 0 Å². The first-order chi connectivity index (χ1) is 23.2. The van der Waals surface area contributed by atoms with Crippen LogP contribution in [0.15, 0.2) is 164 Å². The molecule has 9 aromatic rings. The molecule has 0 saturated heterocycles. The van der Waals surface area contributed by atoms with Gasteiger partial charge in [-0.1, -0.05) is 78.9 Å². The van der Waals surface area contributed by atoms with Gasteiger partial charge in [0.15, 0.2) is 0 Å². The lowest BCUT2D eigenvalue weighted by Crippen LogP contribution is -1.95. The Balaban J connectivity index is 1.09. The first kappa shape index (κ1) is 27.1. The second-order valence-corrected chi connectivity index (χ2v) is 11.8. The molecule has 0 bridgehead atoms. The summed E-state index contributed by atoms with van der Waals surface area (Å²) in [6, 6.07) is 56.7. The minimum absolute atomic E-state index is 0.753. The fourth-order valence-electron chi connectivity index (χ4n) is 6.81. The van der Waals surface area contributed by atoms with E-state index in [9.17, 15) is 0 Å². The summed E-state index contributed by atoms with van der Waals surface area (Å²) < 4.78 is 17.7. The monoisotopic (exact) mass is 606 g/mol. The zero-order valence-electron chi connectivity index (χ0n) is 25.8. The van der Waals surface area contributed by atoms with E-state index >= 15 is 0 Å². The van der Waals surface area contributed by atoms with Crippen LogP contribution >= 0.6 is 0 Å². The van der Waals surface area contributed by atoms with E-state index in [-0.39, 0.29) is 0 Å². The number of fused-ring (bicyclic) bond motifs is 6. The standard InChI is InChI=1S/C43H30N2O2/c1-29-42(46-32-23-25-36-34-17-8-10-19-38(34)44(40(36)27-32)30-13-4-2-5-14-30)21-12-22-43(29)47-33-24-26-37-35-18-9-11-20-39(35)45(41(37)28-33)31-15-6-3-7-16-31/h2-28H,1H3. The van der Waals surface area contributed by atoms with E-state index in [0.717, 1.165) is 51.0 Å². The SMILES string of the molecule is Cc1c(Oc2ccc3c4ccccc4n(-c4ccccc4)c3c2)cccc1Oc1ccc2c3ccccc3n(-c3ccccc3)c2c1. The third-order valence-electron chi connectivity index (χ3n) is 9.01. The molecule has 4 heteroatoms. The van der Waals surface area contributed by atoms with Crippen LogP contribution in [0.3, 0.4) is 0 Å². The molecule has 0 fully saturated rings. The van der Waals surface area contributed by atoms with E-state index in [1.54, 1.807) is 0 Å². The molecule has 0 atom stereocenters. The van der Waals surface area contributed by atoms with Crippen LogP contribution in [0.4, 0.5) is 0 Å². The predicted molar refractivity (Wildman–Crippen MR) is 193 cm³/mol. The highest BCUT2D eigenvalue weighted by molar-refractivity contribution is 6.10. The average molecular weight is 607 g/mol. The van der Waals surface area contributed by atoms with Gasteiger partial charge in [-0.2, -0.15) is 0 Å². The molecule has 9 rings (SSSR count). The maximum Gasteiger partial charge on any atom is 0.134 e. The first-order valence-electron chi connectivity index (χ1n) is 15.9. The molecule has 0 amide bonds. The number of hydrogen-bond donors (Lipinski definition) is 0. The van der Waals surface area contributed by atoms with Gasteiger partial charge in [0.2, 0.25) is 0 Å². The molecule has 4 nitrogen and oxygen atoms in total. The van der Waals surface area contributed by atoms with E-state index in [1.165, 1.54) is 32.6 Å². The van der Waals surface area contributed by atoms with Gasteiger partial charge in [0.1, 0.15) is 23.0 Å². The van der Waals surface area contributed by atoms with Crippen molar-refractivity contribution in [1.29, 1.82) is 0 Å². The summed E-state index contributed by atoms with van der Waals surface area (Å²) in [5.74, 6) is 3.05. The van der Waals surface area contributed by atoms with Crippen LogP contribution in [0.1, 0.15) is 5.56 Å². The fourth-order valence-corrected chi connectivity index (χ4v) is 6.81. The molecule has 0 aliphatic carbocycles. The van der Waals surface area contributed by atoms with Gasteiger partial charge in [0.25, 0.3) is 0 Å². The topological polar surface area (TPSA) is 28.3 Å². The van der Waals surface area contributed by atoms with Crippen LogP contribution in [0.25, 0.3) is 55.0 Å². The number of rotatable bonds is 6. The smallest absolute Gasteiger partial charge is 0.134 e. The summed E-state index contributed by atoms with van der Waals surface area (Å²) in [5, 5.41) is 4.81. The van der Waals surface area contributed by atoms with E-state index in [2.05, 4.69) is 130 Å². The molecule has 0 aliphatic heterocycles. The Hall–Kier alpha value is -6.26. The number of ether oxygens (including phenoxy) is 2. The number of hydrogen-bond acceptors (Lipinski definition) is 2. The molecular weight excluding hydrogens is 576 g/mol. The molecule has 47 heavy (non-hydrogen) atoms. The molecule has 2 heterocycles. The molecule has 0 radical (unpaired) electrons. The largest absolute Gasteiger partial charge is 0.457 e. The number of nitrogens with zero attached hydrogens (tertiary/aromatic N) is 2. The van der Waals surface area contributed by atoms with Gasteiger partial charge >= 0.3 is 0 Å². The Kier molecular flexibility index (Phi) is 6.32. The minimum Gasteiger partial charge on any atom is -0.457 e. The van der Waals surface area contributed by atoms with E-state index in [1.807, 2.05) is 49.4 Å². The second kappa shape index (κ2) is 11.0. The van der Waals surface area contributed by atoms with Gasteiger partial charge in [0.05, 0.1) is 22.1 Å². The van der Waals surface area contributed by atoms with Gasteiger partial charge < -0.3 is 18.6 Å². The summed E-state index contributed by atoms with van der Waals surface area (Å²) in [6.45, 7) is 2.05. The highest BCUT2D eigenvalue weighted by Crippen LogP contribution is 2.39. The van der Waals surface area contributed by atoms with Crippen molar-refractivity contribution in [3.05, 3.63) is 169 Å². The van der Waals surface area contributed by atoms with Crippen LogP contribution in [-0.2, 0) is 0 Å². The summed E-state index contributed by atoms with van der Waals surface area (Å²) >= 11 is 0. The maximum absolute atomic E-state index is 6.57. The first-order valence-corrected chi connectivity index (χ1v) is 15.9. The van der Waals surface area contributed by atoms with Crippen molar-refractivity contribution in [2.75, 3.05) is 0 Å². The van der Waals surface area contributed by atoms with Crippen LogP contribution in [-0.4, -0.2) is 9.13 Å². The molecule has 0 unspecified atom stereocenters. The predicted octanol–water partition coefficient (Wildman–Crippen LogP) is 11.8. The Morgan fingerprint density at radius 2 is 0.766 bits per heavy atom. The lowest BCUT2D eigenvalue weighted by atomic mass is 10.1. The number of aromatic nitrogens is 2. The summed E-state index contributed by atoms with van der Waals surface area (Å²) in [6.07, 6.45) is 0. The zero-order valence-corrected chi connectivity index (χ0v) is 25.8. The molecule has 0 saturated carbocycles. The molecule has 0 aliphatic rings. The van der Waals surface area contributed by atoms with Crippen molar-refractivity contribution in [3.8, 4) is 34.4 Å². The summed E-state index contributed by atoms with van der Waals surface area (Å²) in [5.41, 5.74) is 7.70. The molecular formula is C43H30N2O2. The Morgan fingerprint density at radius 3 is 1.23 bits per heavy atom. The lowest BCUT2D eigenvalue weighted by molar-refractivity contribution is 0.454. The number of benzene rings is 7. The van der Waals surface area contributed by atoms with Crippen LogP contribution in [0.5, 0.6) is 23.0 Å². The van der Waals surface area contributed by atoms with Crippen LogP contribution in [0, 0.1) is 6.92 Å². The third kappa shape index (κ3) is 4.53. The maximum atomic E-state index is 6.57. The molecule has 224 valence electrons. The van der Waals surface area contributed by atoms with Crippen LogP contribution < -0.4 is 9.47 Å². The van der Waals surface area contributed by atoms with Crippen LogP contribution in [0.2, 0.25) is 0 Å². The van der Waals surface area contributed by atoms with Crippen molar-refractivity contribution in [3.63, 3.8) is 0 Å². The van der Waals surface area contributed by atoms with E-state index in [4.69, 9.17) is 9.47 Å². The molecule has 7 aromatic carbocycles. The minimum atomic E-state index is 0.753. The molecule has 2 aromatic heterocycles. The highest BCUT2D eigenvalue weighted by atomic mass is 16.5. The van der Waals surface area contributed by atoms with Gasteiger partial charge in [-0.05, 0) is 79.7 Å². The summed E-state index contributed by atoms with van der Waals surface area (Å²) in [4.78, 5) is 0. The Morgan fingerprint density at radius 1 is 0.362 bits per heavy atom. The average Bonchev–Trinajstić information content (AvgIpc) is 3.63. The normalized spacial score (nSPS) is 11.5. The van der Waals surface area contributed by atoms with Crippen molar-refractivity contribution in [2.24, 2.45) is 0 Å². The Labute approximate surface area is 272 Å². The van der Waals surface area contributed by atoms with Gasteiger partial charge in [-0.15, -0.1) is 0 Å². The fraction of sp³-hybridized carbons (Fsp3) is 0.0233. The van der Waals surface area contributed by atoms with Crippen molar-refractivity contribution in [1.82, 2.24) is 9.13 Å². The lowest BCUT2D eigenvalue weighted by Gasteiger charge is -2.14. The summed E-state index contributed by atoms with van der Waals surface area (Å²) in [7, 11) is 0. The third-order valence-corrected chi connectivity index (χ3v) is 9.01. The van der Waals surface area contributed by atoms with Crippen molar-refractivity contribution < 1.29 is 9.47 Å². The molecule has 0 N–H and O–H groups in total. The van der Waals surface area contributed by atoms with E-state index < -0.39 is 0 Å². The van der Waals surface area contributed by atoms with Gasteiger partial charge in [0, 0.05) is 50.6 Å². The zero-order chi connectivity index (χ0) is 31.3. The van der Waals surface area contributed by atoms with E-state index in [0.29, 0.717) is 0 Å². The van der Waals surface area contributed by atoms with Crippen molar-refractivity contribution >= 4 is 43.6 Å². The quantitative estimate of drug-likeness (QED) is 0.188. The molecule has 0 spiro atoms. The highest BCUT2D eigenvalue weighted by Gasteiger charge is 2.16. The Bertz CT molecular complexity index is 2400. The number of para-hydroxylation sites is 4.